The molecule has 0 radical (unpaired) electrons. The molecule has 0 aliphatic heterocycles. The lowest BCUT2D eigenvalue weighted by Gasteiger charge is -2.13. The summed E-state index contributed by atoms with van der Waals surface area (Å²) in [4.78, 5) is 0. The molecule has 72 valence electrons. The fraction of sp³-hybridized carbons (Fsp3) is 0.400. The van der Waals surface area contributed by atoms with Crippen LogP contribution in [0, 0.1) is 0 Å². The molecule has 13 heavy (non-hydrogen) atoms. The van der Waals surface area contributed by atoms with Gasteiger partial charge in [0.05, 0.1) is 6.61 Å². The molecular formula is C10H15ClOSi. The average molecular weight is 215 g/mol. The first kappa shape index (κ1) is 10.6. The van der Waals surface area contributed by atoms with Crippen LogP contribution >= 0.6 is 11.1 Å². The molecule has 0 aliphatic carbocycles. The van der Waals surface area contributed by atoms with Gasteiger partial charge in [-0.2, -0.15) is 11.1 Å². The zero-order valence-electron chi connectivity index (χ0n) is 8.09. The zero-order chi connectivity index (χ0) is 9.73. The lowest BCUT2D eigenvalue weighted by atomic mass is 10.3. The molecule has 1 rings (SSSR count). The van der Waals surface area contributed by atoms with E-state index < -0.39 is 7.38 Å². The maximum Gasteiger partial charge on any atom is 0.153 e. The highest BCUT2D eigenvalue weighted by Crippen LogP contribution is 2.15. The van der Waals surface area contributed by atoms with Gasteiger partial charge in [0.25, 0.3) is 0 Å². The Hall–Kier alpha value is -0.473. The molecule has 0 aliphatic rings. The third-order valence-electron chi connectivity index (χ3n) is 1.71. The monoisotopic (exact) mass is 214 g/mol. The lowest BCUT2D eigenvalue weighted by Crippen LogP contribution is -2.19. The summed E-state index contributed by atoms with van der Waals surface area (Å²) in [7, 11) is -1.46. The zero-order valence-corrected chi connectivity index (χ0v) is 9.84. The van der Waals surface area contributed by atoms with E-state index in [0.29, 0.717) is 0 Å². The fourth-order valence-corrected chi connectivity index (χ4v) is 1.75. The van der Waals surface area contributed by atoms with Gasteiger partial charge in [-0.25, -0.2) is 0 Å². The highest BCUT2D eigenvalue weighted by atomic mass is 35.6. The predicted octanol–water partition coefficient (Wildman–Crippen LogP) is 3.51. The van der Waals surface area contributed by atoms with Crippen LogP contribution in [-0.4, -0.2) is 14.0 Å². The number of rotatable bonds is 4. The Bertz CT molecular complexity index is 243. The van der Waals surface area contributed by atoms with Crippen LogP contribution in [0.4, 0.5) is 0 Å². The van der Waals surface area contributed by atoms with Crippen LogP contribution in [0.3, 0.4) is 0 Å². The van der Waals surface area contributed by atoms with Crippen LogP contribution in [0.2, 0.25) is 19.1 Å². The van der Waals surface area contributed by atoms with E-state index in [1.165, 1.54) is 0 Å². The first-order chi connectivity index (χ1) is 6.08. The normalized spacial score (nSPS) is 11.3. The Kier molecular flexibility index (Phi) is 3.82. The SMILES string of the molecule is C[Si](C)(Cl)CCOc1ccccc1. The number of ether oxygens (including phenoxy) is 1. The smallest absolute Gasteiger partial charge is 0.153 e. The van der Waals surface area contributed by atoms with Crippen LogP contribution < -0.4 is 4.74 Å². The minimum atomic E-state index is -1.46. The van der Waals surface area contributed by atoms with Gasteiger partial charge in [0, 0.05) is 0 Å². The number of hydrogen-bond acceptors (Lipinski definition) is 1. The van der Waals surface area contributed by atoms with E-state index in [1.807, 2.05) is 30.3 Å². The number of para-hydroxylation sites is 1. The van der Waals surface area contributed by atoms with Crippen molar-refractivity contribution < 1.29 is 4.74 Å². The van der Waals surface area contributed by atoms with Gasteiger partial charge >= 0.3 is 0 Å². The third kappa shape index (κ3) is 4.96. The minimum absolute atomic E-state index is 0.729. The van der Waals surface area contributed by atoms with Crippen molar-refractivity contribution in [1.29, 1.82) is 0 Å². The van der Waals surface area contributed by atoms with Crippen LogP contribution in [0.1, 0.15) is 0 Å². The van der Waals surface area contributed by atoms with Crippen molar-refractivity contribution in [1.82, 2.24) is 0 Å². The van der Waals surface area contributed by atoms with Gasteiger partial charge in [0.2, 0.25) is 0 Å². The summed E-state index contributed by atoms with van der Waals surface area (Å²) in [6.07, 6.45) is 0. The quantitative estimate of drug-likeness (QED) is 0.551. The predicted molar refractivity (Wildman–Crippen MR) is 60.1 cm³/mol. The molecule has 3 heteroatoms. The van der Waals surface area contributed by atoms with Gasteiger partial charge in [-0.15, -0.1) is 0 Å². The van der Waals surface area contributed by atoms with Crippen molar-refractivity contribution >= 4 is 18.5 Å². The molecule has 0 fully saturated rings. The fourth-order valence-electron chi connectivity index (χ4n) is 0.928. The number of hydrogen-bond donors (Lipinski definition) is 0. The lowest BCUT2D eigenvalue weighted by molar-refractivity contribution is 0.339. The maximum absolute atomic E-state index is 6.16. The van der Waals surface area contributed by atoms with Gasteiger partial charge in [-0.3, -0.25) is 0 Å². The second-order valence-corrected chi connectivity index (χ2v) is 10.6. The van der Waals surface area contributed by atoms with E-state index in [2.05, 4.69) is 13.1 Å². The van der Waals surface area contributed by atoms with Crippen molar-refractivity contribution in [3.05, 3.63) is 30.3 Å². The summed E-state index contributed by atoms with van der Waals surface area (Å²) in [5.74, 6) is 0.928. The first-order valence-corrected chi connectivity index (χ1v) is 8.66. The van der Waals surface area contributed by atoms with Crippen molar-refractivity contribution in [2.75, 3.05) is 6.61 Å². The number of halogens is 1. The Morgan fingerprint density at radius 1 is 1.23 bits per heavy atom. The third-order valence-corrected chi connectivity index (χ3v) is 3.67. The molecule has 0 atom stereocenters. The molecule has 0 heterocycles. The summed E-state index contributed by atoms with van der Waals surface area (Å²) >= 11 is 6.16. The van der Waals surface area contributed by atoms with Gasteiger partial charge < -0.3 is 4.74 Å². The van der Waals surface area contributed by atoms with Gasteiger partial charge in [0.15, 0.2) is 7.38 Å². The second kappa shape index (κ2) is 4.68. The molecule has 1 aromatic rings. The van der Waals surface area contributed by atoms with E-state index in [4.69, 9.17) is 15.8 Å². The molecule has 1 aromatic carbocycles. The standard InChI is InChI=1S/C10H15ClOSi/c1-13(2,11)9-8-12-10-6-4-3-5-7-10/h3-7H,8-9H2,1-2H3. The summed E-state index contributed by atoms with van der Waals surface area (Å²) in [5.41, 5.74) is 0. The summed E-state index contributed by atoms with van der Waals surface area (Å²) in [6.45, 7) is 4.98. The molecule has 0 bridgehead atoms. The van der Waals surface area contributed by atoms with Gasteiger partial charge in [-0.1, -0.05) is 31.3 Å². The van der Waals surface area contributed by atoms with E-state index in [0.717, 1.165) is 18.4 Å². The Morgan fingerprint density at radius 2 is 1.85 bits per heavy atom. The molecule has 0 N–H and O–H groups in total. The van der Waals surface area contributed by atoms with Crippen LogP contribution in [-0.2, 0) is 0 Å². The van der Waals surface area contributed by atoms with Crippen LogP contribution in [0.25, 0.3) is 0 Å². The molecule has 0 unspecified atom stereocenters. The van der Waals surface area contributed by atoms with Gasteiger partial charge in [0.1, 0.15) is 5.75 Å². The van der Waals surface area contributed by atoms with E-state index in [-0.39, 0.29) is 0 Å². The molecule has 0 aromatic heterocycles. The molecule has 0 spiro atoms. The Balaban J connectivity index is 2.29. The van der Waals surface area contributed by atoms with Gasteiger partial charge in [-0.05, 0) is 18.2 Å². The van der Waals surface area contributed by atoms with E-state index in [9.17, 15) is 0 Å². The molecule has 0 saturated heterocycles. The van der Waals surface area contributed by atoms with Crippen molar-refractivity contribution in [3.8, 4) is 5.75 Å². The first-order valence-electron chi connectivity index (χ1n) is 4.45. The second-order valence-electron chi connectivity index (χ2n) is 3.63. The highest BCUT2D eigenvalue weighted by molar-refractivity contribution is 7.19. The van der Waals surface area contributed by atoms with E-state index in [1.54, 1.807) is 0 Å². The molecule has 1 nitrogen and oxygen atoms in total. The van der Waals surface area contributed by atoms with Crippen molar-refractivity contribution in [3.63, 3.8) is 0 Å². The summed E-state index contributed by atoms with van der Waals surface area (Å²) in [5, 5.41) is 0. The van der Waals surface area contributed by atoms with E-state index >= 15 is 0 Å². The topological polar surface area (TPSA) is 9.23 Å². The highest BCUT2D eigenvalue weighted by Gasteiger charge is 2.16. The maximum atomic E-state index is 6.16. The molecule has 0 saturated carbocycles. The van der Waals surface area contributed by atoms with Crippen molar-refractivity contribution in [2.45, 2.75) is 19.1 Å². The summed E-state index contributed by atoms with van der Waals surface area (Å²) < 4.78 is 5.53. The Labute approximate surface area is 85.4 Å². The summed E-state index contributed by atoms with van der Waals surface area (Å²) in [6, 6.07) is 10.8. The van der Waals surface area contributed by atoms with Crippen molar-refractivity contribution in [2.24, 2.45) is 0 Å². The van der Waals surface area contributed by atoms with Crippen LogP contribution in [0.15, 0.2) is 30.3 Å². The number of benzene rings is 1. The molecule has 0 amide bonds. The van der Waals surface area contributed by atoms with Crippen LogP contribution in [0.5, 0.6) is 5.75 Å². The molecular weight excluding hydrogens is 200 g/mol. The minimum Gasteiger partial charge on any atom is -0.494 e. The largest absolute Gasteiger partial charge is 0.494 e. The average Bonchev–Trinajstić information content (AvgIpc) is 2.04. The Morgan fingerprint density at radius 3 is 2.38 bits per heavy atom.